The summed E-state index contributed by atoms with van der Waals surface area (Å²) in [7, 11) is 0. The van der Waals surface area contributed by atoms with Crippen molar-refractivity contribution in [3.05, 3.63) is 57.4 Å². The summed E-state index contributed by atoms with van der Waals surface area (Å²) in [5.41, 5.74) is 0.393. The average Bonchev–Trinajstić information content (AvgIpc) is 3.33. The topological polar surface area (TPSA) is 97.1 Å². The van der Waals surface area contributed by atoms with Crippen molar-refractivity contribution in [3.8, 4) is 5.88 Å². The molecule has 2 N–H and O–H groups in total. The number of hydrogen-bond donors (Lipinski definition) is 2. The molecular formula is C16H9ClN4O3S2. The highest BCUT2D eigenvalue weighted by Crippen LogP contribution is 2.35. The number of halogens is 1. The van der Waals surface area contributed by atoms with Crippen LogP contribution < -0.4 is 5.32 Å². The highest BCUT2D eigenvalue weighted by atomic mass is 35.5. The lowest BCUT2D eigenvalue weighted by molar-refractivity contribution is 0.104. The number of amides is 1. The molecule has 0 unspecified atom stereocenters. The van der Waals surface area contributed by atoms with Crippen LogP contribution in [0.3, 0.4) is 0 Å². The number of hydrogen-bond acceptors (Lipinski definition) is 7. The molecule has 0 aliphatic carbocycles. The maximum Gasteiger partial charge on any atom is 0.334 e. The van der Waals surface area contributed by atoms with Gasteiger partial charge in [0.2, 0.25) is 11.7 Å². The SMILES string of the molecule is O=C(c1cccs1)c1c(O)n(C(=O)Nc2cnns2)c2ccc(Cl)cc12. The van der Waals surface area contributed by atoms with Crippen molar-refractivity contribution in [1.29, 1.82) is 0 Å². The Kier molecular flexibility index (Phi) is 4.19. The summed E-state index contributed by atoms with van der Waals surface area (Å²) >= 11 is 8.31. The summed E-state index contributed by atoms with van der Waals surface area (Å²) in [6, 6.07) is 7.48. The third-order valence-corrected chi connectivity index (χ3v) is 5.35. The third kappa shape index (κ3) is 2.75. The van der Waals surface area contributed by atoms with Gasteiger partial charge in [0.05, 0.1) is 22.2 Å². The van der Waals surface area contributed by atoms with Crippen LogP contribution in [0.15, 0.2) is 41.9 Å². The second-order valence-corrected chi connectivity index (χ2v) is 7.38. The summed E-state index contributed by atoms with van der Waals surface area (Å²) in [5, 5.41) is 19.9. The number of nitrogens with one attached hydrogen (secondary N) is 1. The summed E-state index contributed by atoms with van der Waals surface area (Å²) < 4.78 is 4.70. The lowest BCUT2D eigenvalue weighted by Crippen LogP contribution is -2.18. The van der Waals surface area contributed by atoms with Crippen LogP contribution in [0.5, 0.6) is 5.88 Å². The van der Waals surface area contributed by atoms with Gasteiger partial charge in [-0.05, 0) is 29.6 Å². The van der Waals surface area contributed by atoms with Crippen molar-refractivity contribution in [3.63, 3.8) is 0 Å². The van der Waals surface area contributed by atoms with Gasteiger partial charge in [-0.15, -0.1) is 16.4 Å². The number of benzene rings is 1. The fraction of sp³-hybridized carbons (Fsp3) is 0. The number of nitrogens with zero attached hydrogens (tertiary/aromatic N) is 3. The Bertz CT molecular complexity index is 1120. The lowest BCUT2D eigenvalue weighted by atomic mass is 10.1. The van der Waals surface area contributed by atoms with Crippen molar-refractivity contribution < 1.29 is 14.7 Å². The first kappa shape index (κ1) is 16.7. The normalized spacial score (nSPS) is 11.0. The van der Waals surface area contributed by atoms with Crippen molar-refractivity contribution in [2.24, 2.45) is 0 Å². The largest absolute Gasteiger partial charge is 0.494 e. The first-order valence-corrected chi connectivity index (χ1v) is 9.29. The van der Waals surface area contributed by atoms with E-state index in [1.165, 1.54) is 17.5 Å². The number of carbonyl (C=O) groups is 2. The fourth-order valence-corrected chi connectivity index (χ4v) is 3.85. The number of aromatic nitrogens is 3. The van der Waals surface area contributed by atoms with Gasteiger partial charge in [0.15, 0.2) is 0 Å². The van der Waals surface area contributed by atoms with Gasteiger partial charge in [-0.1, -0.05) is 22.2 Å². The number of ketones is 1. The molecule has 10 heteroatoms. The molecule has 0 saturated carbocycles. The molecule has 0 bridgehead atoms. The van der Waals surface area contributed by atoms with E-state index in [1.807, 2.05) is 0 Å². The van der Waals surface area contributed by atoms with E-state index in [9.17, 15) is 14.7 Å². The Morgan fingerprint density at radius 3 is 2.81 bits per heavy atom. The van der Waals surface area contributed by atoms with Crippen LogP contribution in [0.25, 0.3) is 10.9 Å². The molecule has 0 radical (unpaired) electrons. The summed E-state index contributed by atoms with van der Waals surface area (Å²) in [4.78, 5) is 26.0. The minimum atomic E-state index is -0.633. The van der Waals surface area contributed by atoms with E-state index < -0.39 is 11.9 Å². The van der Waals surface area contributed by atoms with Crippen molar-refractivity contribution in [1.82, 2.24) is 14.2 Å². The maximum atomic E-state index is 12.9. The minimum Gasteiger partial charge on any atom is -0.494 e. The lowest BCUT2D eigenvalue weighted by Gasteiger charge is -2.06. The molecule has 1 amide bonds. The van der Waals surface area contributed by atoms with E-state index in [0.29, 0.717) is 25.8 Å². The van der Waals surface area contributed by atoms with E-state index in [1.54, 1.807) is 35.7 Å². The Balaban J connectivity index is 1.90. The number of fused-ring (bicyclic) bond motifs is 1. The molecule has 0 spiro atoms. The van der Waals surface area contributed by atoms with Gasteiger partial charge < -0.3 is 5.11 Å². The zero-order chi connectivity index (χ0) is 18.3. The van der Waals surface area contributed by atoms with Gasteiger partial charge in [0, 0.05) is 21.9 Å². The number of aromatic hydroxyl groups is 1. The zero-order valence-corrected chi connectivity index (χ0v) is 15.2. The maximum absolute atomic E-state index is 12.9. The Labute approximate surface area is 159 Å². The molecule has 0 fully saturated rings. The van der Waals surface area contributed by atoms with Crippen LogP contribution in [-0.4, -0.2) is 31.1 Å². The molecule has 0 atom stereocenters. The van der Waals surface area contributed by atoms with Crippen molar-refractivity contribution in [2.45, 2.75) is 0 Å². The Hall–Kier alpha value is -2.75. The zero-order valence-electron chi connectivity index (χ0n) is 12.8. The molecule has 26 heavy (non-hydrogen) atoms. The molecule has 130 valence electrons. The second kappa shape index (κ2) is 6.52. The second-order valence-electron chi connectivity index (χ2n) is 5.21. The van der Waals surface area contributed by atoms with Crippen LogP contribution in [0.4, 0.5) is 9.80 Å². The first-order valence-electron chi connectivity index (χ1n) is 7.26. The molecule has 3 aromatic heterocycles. The third-order valence-electron chi connectivity index (χ3n) is 3.67. The van der Waals surface area contributed by atoms with E-state index in [4.69, 9.17) is 11.6 Å². The quantitative estimate of drug-likeness (QED) is 0.498. The summed E-state index contributed by atoms with van der Waals surface area (Å²) in [6.07, 6.45) is 1.39. The van der Waals surface area contributed by atoms with Crippen molar-refractivity contribution >= 4 is 62.2 Å². The summed E-state index contributed by atoms with van der Waals surface area (Å²) in [5.74, 6) is -0.827. The average molecular weight is 405 g/mol. The molecule has 7 nitrogen and oxygen atoms in total. The number of carbonyl (C=O) groups excluding carboxylic acids is 2. The van der Waals surface area contributed by atoms with Crippen LogP contribution >= 0.6 is 34.5 Å². The monoisotopic (exact) mass is 404 g/mol. The Morgan fingerprint density at radius 1 is 1.27 bits per heavy atom. The fourth-order valence-electron chi connectivity index (χ4n) is 2.59. The molecule has 0 aliphatic heterocycles. The molecule has 4 aromatic rings. The van der Waals surface area contributed by atoms with Gasteiger partial charge in [-0.2, -0.15) is 0 Å². The van der Waals surface area contributed by atoms with E-state index in [-0.39, 0.29) is 11.3 Å². The first-order chi connectivity index (χ1) is 12.6. The molecule has 4 rings (SSSR count). The molecule has 0 aliphatic rings. The van der Waals surface area contributed by atoms with Crippen LogP contribution in [0.1, 0.15) is 15.2 Å². The predicted molar refractivity (Wildman–Crippen MR) is 101 cm³/mol. The number of thiophene rings is 1. The number of anilines is 1. The molecule has 0 saturated heterocycles. The molecule has 1 aromatic carbocycles. The van der Waals surface area contributed by atoms with Gasteiger partial charge in [-0.25, -0.2) is 9.36 Å². The van der Waals surface area contributed by atoms with Gasteiger partial charge in [0.1, 0.15) is 5.00 Å². The minimum absolute atomic E-state index is 0.0301. The van der Waals surface area contributed by atoms with Crippen LogP contribution in [0, 0.1) is 0 Å². The van der Waals surface area contributed by atoms with Gasteiger partial charge in [0.25, 0.3) is 0 Å². The Morgan fingerprint density at radius 2 is 2.12 bits per heavy atom. The molecular weight excluding hydrogens is 396 g/mol. The van der Waals surface area contributed by atoms with Crippen molar-refractivity contribution in [2.75, 3.05) is 5.32 Å². The van der Waals surface area contributed by atoms with Crippen LogP contribution in [0.2, 0.25) is 5.02 Å². The van der Waals surface area contributed by atoms with Gasteiger partial charge in [-0.3, -0.25) is 10.1 Å². The van der Waals surface area contributed by atoms with E-state index in [2.05, 4.69) is 14.9 Å². The number of rotatable bonds is 3. The summed E-state index contributed by atoms with van der Waals surface area (Å²) in [6.45, 7) is 0. The standard InChI is InChI=1S/C16H9ClN4O3S2/c17-8-3-4-10-9(6-8)13(14(22)11-2-1-5-25-11)15(23)21(10)16(24)19-12-7-18-20-26-12/h1-7,23H,(H,19,24). The highest BCUT2D eigenvalue weighted by molar-refractivity contribution is 7.12. The van der Waals surface area contributed by atoms with E-state index in [0.717, 1.165) is 16.1 Å². The van der Waals surface area contributed by atoms with Crippen LogP contribution in [-0.2, 0) is 0 Å². The van der Waals surface area contributed by atoms with E-state index >= 15 is 0 Å². The van der Waals surface area contributed by atoms with Gasteiger partial charge >= 0.3 is 6.03 Å². The molecule has 3 heterocycles. The highest BCUT2D eigenvalue weighted by Gasteiger charge is 2.27. The smallest absolute Gasteiger partial charge is 0.334 e. The predicted octanol–water partition coefficient (Wildman–Crippen LogP) is 4.22.